The molecule has 0 spiro atoms. The molecule has 0 aliphatic heterocycles. The Morgan fingerprint density at radius 1 is 0.479 bits per heavy atom. The molecule has 0 aliphatic carbocycles. The summed E-state index contributed by atoms with van der Waals surface area (Å²) in [5, 5.41) is 14.2. The Labute approximate surface area is 275 Å². The van der Waals surface area contributed by atoms with Crippen LogP contribution in [-0.2, 0) is 6.18 Å². The molecule has 234 valence electrons. The number of nitrogens with zero attached hydrogens (tertiary/aromatic N) is 3. The Hall–Kier alpha value is -5.80. The second kappa shape index (κ2) is 10.6. The summed E-state index contributed by atoms with van der Waals surface area (Å²) in [6, 6.07) is 36.5. The molecule has 0 fully saturated rings. The molecule has 0 aliphatic rings. The first-order chi connectivity index (χ1) is 23.0. The van der Waals surface area contributed by atoms with Crippen LogP contribution in [0.4, 0.5) is 13.2 Å². The fourth-order valence-electron chi connectivity index (χ4n) is 7.16. The fourth-order valence-corrected chi connectivity index (χ4v) is 7.16. The lowest BCUT2D eigenvalue weighted by Crippen LogP contribution is -2.08. The highest BCUT2D eigenvalue weighted by Gasteiger charge is 2.32. The van der Waals surface area contributed by atoms with E-state index >= 15 is 0 Å². The summed E-state index contributed by atoms with van der Waals surface area (Å²) in [5.41, 5.74) is 10.0. The van der Waals surface area contributed by atoms with Gasteiger partial charge in [-0.1, -0.05) is 52.6 Å². The number of nitriles is 1. The van der Waals surface area contributed by atoms with Gasteiger partial charge in [0.15, 0.2) is 0 Å². The van der Waals surface area contributed by atoms with Crippen LogP contribution in [0.2, 0.25) is 0 Å². The first-order valence-corrected chi connectivity index (χ1v) is 15.8. The molecule has 0 unspecified atom stereocenters. The van der Waals surface area contributed by atoms with Crippen LogP contribution in [0.5, 0.6) is 0 Å². The average Bonchev–Trinajstić information content (AvgIpc) is 3.54. The number of halogens is 3. The van der Waals surface area contributed by atoms with Crippen molar-refractivity contribution in [1.29, 1.82) is 5.26 Å². The summed E-state index contributed by atoms with van der Waals surface area (Å²) in [4.78, 5) is 0. The Bertz CT molecular complexity index is 2540. The summed E-state index contributed by atoms with van der Waals surface area (Å²) in [6.45, 7) is 8.16. The SMILES string of the molecule is Cc1ccc2c(c1)c1cc(C)ccc1n2-c1ccc(C#N)cc1-c1ccc(C(F)(F)F)cc1-n1c2ccc(C)cc2c2cc(C)ccc21. The van der Waals surface area contributed by atoms with Gasteiger partial charge < -0.3 is 9.13 Å². The fraction of sp³-hybridized carbons (Fsp3) is 0.119. The molecule has 0 saturated carbocycles. The Morgan fingerprint density at radius 3 is 1.33 bits per heavy atom. The molecule has 2 heterocycles. The summed E-state index contributed by atoms with van der Waals surface area (Å²) in [6.07, 6.45) is -4.56. The molecule has 3 nitrogen and oxygen atoms in total. The first kappa shape index (κ1) is 29.6. The number of aryl methyl sites for hydroxylation is 4. The average molecular weight is 634 g/mol. The zero-order valence-electron chi connectivity index (χ0n) is 26.9. The van der Waals surface area contributed by atoms with Gasteiger partial charge in [0, 0.05) is 32.7 Å². The van der Waals surface area contributed by atoms with Crippen molar-refractivity contribution in [2.75, 3.05) is 0 Å². The van der Waals surface area contributed by atoms with Crippen LogP contribution in [0.25, 0.3) is 66.1 Å². The van der Waals surface area contributed by atoms with Crippen molar-refractivity contribution in [3.05, 3.63) is 143 Å². The van der Waals surface area contributed by atoms with E-state index in [1.807, 2.05) is 48.7 Å². The number of hydrogen-bond donors (Lipinski definition) is 0. The maximum absolute atomic E-state index is 14.5. The van der Waals surface area contributed by atoms with E-state index < -0.39 is 11.7 Å². The summed E-state index contributed by atoms with van der Waals surface area (Å²) in [5.74, 6) is 0. The molecule has 0 atom stereocenters. The van der Waals surface area contributed by atoms with E-state index in [-0.39, 0.29) is 0 Å². The molecule has 6 aromatic carbocycles. The third-order valence-electron chi connectivity index (χ3n) is 9.37. The molecular weight excluding hydrogens is 603 g/mol. The van der Waals surface area contributed by atoms with Gasteiger partial charge in [-0.3, -0.25) is 0 Å². The molecule has 2 aromatic heterocycles. The topological polar surface area (TPSA) is 33.6 Å². The van der Waals surface area contributed by atoms with Crippen LogP contribution >= 0.6 is 0 Å². The van der Waals surface area contributed by atoms with E-state index in [1.165, 1.54) is 6.07 Å². The molecule has 6 heteroatoms. The molecule has 8 rings (SSSR count). The van der Waals surface area contributed by atoms with Crippen molar-refractivity contribution < 1.29 is 13.2 Å². The number of rotatable bonds is 3. The molecule has 0 radical (unpaired) electrons. The van der Waals surface area contributed by atoms with E-state index in [1.54, 1.807) is 18.2 Å². The van der Waals surface area contributed by atoms with Crippen molar-refractivity contribution >= 4 is 43.6 Å². The molecular formula is C42H30F3N3. The third-order valence-corrected chi connectivity index (χ3v) is 9.37. The van der Waals surface area contributed by atoms with Gasteiger partial charge in [-0.25, -0.2) is 0 Å². The number of alkyl halides is 3. The monoisotopic (exact) mass is 633 g/mol. The van der Waals surface area contributed by atoms with E-state index in [4.69, 9.17) is 0 Å². The van der Waals surface area contributed by atoms with Gasteiger partial charge in [-0.05, 0) is 107 Å². The van der Waals surface area contributed by atoms with Gasteiger partial charge in [0.25, 0.3) is 0 Å². The van der Waals surface area contributed by atoms with Gasteiger partial charge >= 0.3 is 6.18 Å². The van der Waals surface area contributed by atoms with Crippen molar-refractivity contribution in [3.63, 3.8) is 0 Å². The second-order valence-corrected chi connectivity index (χ2v) is 12.8. The van der Waals surface area contributed by atoms with Crippen LogP contribution in [-0.4, -0.2) is 9.13 Å². The Balaban J connectivity index is 1.53. The summed E-state index contributed by atoms with van der Waals surface area (Å²) >= 11 is 0. The van der Waals surface area contributed by atoms with Gasteiger partial charge in [0.1, 0.15) is 0 Å². The van der Waals surface area contributed by atoms with Crippen molar-refractivity contribution in [2.45, 2.75) is 33.9 Å². The normalized spacial score (nSPS) is 12.0. The van der Waals surface area contributed by atoms with E-state index in [2.05, 4.69) is 73.0 Å². The van der Waals surface area contributed by atoms with Crippen molar-refractivity contribution in [3.8, 4) is 28.6 Å². The molecule has 48 heavy (non-hydrogen) atoms. The lowest BCUT2D eigenvalue weighted by molar-refractivity contribution is -0.137. The highest BCUT2D eigenvalue weighted by molar-refractivity contribution is 6.12. The van der Waals surface area contributed by atoms with E-state index in [9.17, 15) is 18.4 Å². The minimum Gasteiger partial charge on any atom is -0.309 e. The molecule has 0 N–H and O–H groups in total. The Morgan fingerprint density at radius 2 is 0.917 bits per heavy atom. The standard InChI is InChI=1S/C42H30F3N3/c1-24-5-12-36-31(17-24)32-18-25(2)6-13-37(32)47(36)40-16-9-28(23-46)21-35(40)30-11-10-29(42(43,44)45)22-41(30)48-38-14-7-26(3)19-33(38)34-20-27(4)8-15-39(34)48/h5-22H,1-4H3. The highest BCUT2D eigenvalue weighted by atomic mass is 19.4. The molecule has 0 amide bonds. The molecule has 0 saturated heterocycles. The first-order valence-electron chi connectivity index (χ1n) is 15.8. The predicted molar refractivity (Wildman–Crippen MR) is 189 cm³/mol. The van der Waals surface area contributed by atoms with Gasteiger partial charge in [0.05, 0.1) is 50.6 Å². The zero-order valence-corrected chi connectivity index (χ0v) is 26.9. The summed E-state index contributed by atoms with van der Waals surface area (Å²) < 4.78 is 47.5. The van der Waals surface area contributed by atoms with Crippen LogP contribution in [0.15, 0.2) is 109 Å². The minimum atomic E-state index is -4.56. The van der Waals surface area contributed by atoms with Crippen LogP contribution in [0, 0.1) is 39.0 Å². The van der Waals surface area contributed by atoms with Gasteiger partial charge in [-0.2, -0.15) is 18.4 Å². The molecule has 8 aromatic rings. The highest BCUT2D eigenvalue weighted by Crippen LogP contribution is 2.43. The second-order valence-electron chi connectivity index (χ2n) is 12.8. The van der Waals surface area contributed by atoms with E-state index in [0.29, 0.717) is 22.4 Å². The Kier molecular flexibility index (Phi) is 6.54. The van der Waals surface area contributed by atoms with Crippen molar-refractivity contribution in [2.24, 2.45) is 0 Å². The van der Waals surface area contributed by atoms with E-state index in [0.717, 1.165) is 77.6 Å². The third kappa shape index (κ3) is 4.57. The quantitative estimate of drug-likeness (QED) is 0.191. The smallest absolute Gasteiger partial charge is 0.309 e. The van der Waals surface area contributed by atoms with Crippen LogP contribution in [0.3, 0.4) is 0 Å². The minimum absolute atomic E-state index is 0.390. The zero-order chi connectivity index (χ0) is 33.5. The van der Waals surface area contributed by atoms with Gasteiger partial charge in [0.2, 0.25) is 0 Å². The number of fused-ring (bicyclic) bond motifs is 6. The molecule has 0 bridgehead atoms. The lowest BCUT2D eigenvalue weighted by Gasteiger charge is -2.20. The van der Waals surface area contributed by atoms with Gasteiger partial charge in [-0.15, -0.1) is 0 Å². The largest absolute Gasteiger partial charge is 0.416 e. The number of benzene rings is 6. The number of aromatic nitrogens is 2. The summed E-state index contributed by atoms with van der Waals surface area (Å²) in [7, 11) is 0. The maximum Gasteiger partial charge on any atom is 0.416 e. The van der Waals surface area contributed by atoms with Crippen LogP contribution in [0.1, 0.15) is 33.4 Å². The van der Waals surface area contributed by atoms with Crippen LogP contribution < -0.4 is 0 Å². The lowest BCUT2D eigenvalue weighted by atomic mass is 9.97. The number of hydrogen-bond acceptors (Lipinski definition) is 1. The van der Waals surface area contributed by atoms with Crippen molar-refractivity contribution in [1.82, 2.24) is 9.13 Å². The maximum atomic E-state index is 14.5. The predicted octanol–water partition coefficient (Wildman–Crippen LogP) is 11.7.